The maximum absolute atomic E-state index is 12.4. The Morgan fingerprint density at radius 3 is 2.56 bits per heavy atom. The number of nitrogens with zero attached hydrogens (tertiary/aromatic N) is 1. The summed E-state index contributed by atoms with van der Waals surface area (Å²) in [6.45, 7) is 3.82. The summed E-state index contributed by atoms with van der Waals surface area (Å²) in [5, 5.41) is 2.85. The zero-order chi connectivity index (χ0) is 19.4. The van der Waals surface area contributed by atoms with Crippen molar-refractivity contribution in [2.45, 2.75) is 20.3 Å². The van der Waals surface area contributed by atoms with E-state index in [4.69, 9.17) is 13.9 Å². The van der Waals surface area contributed by atoms with Crippen molar-refractivity contribution in [2.75, 3.05) is 19.5 Å². The Hall–Kier alpha value is -3.28. The molecule has 27 heavy (non-hydrogen) atoms. The van der Waals surface area contributed by atoms with Crippen molar-refractivity contribution in [3.8, 4) is 23.0 Å². The number of nitrogens with one attached hydrogen (secondary N) is 1. The van der Waals surface area contributed by atoms with Gasteiger partial charge in [-0.2, -0.15) is 0 Å². The molecule has 0 spiro atoms. The number of rotatable bonds is 6. The Morgan fingerprint density at radius 2 is 1.85 bits per heavy atom. The highest BCUT2D eigenvalue weighted by Gasteiger charge is 2.15. The van der Waals surface area contributed by atoms with Crippen LogP contribution in [-0.4, -0.2) is 25.1 Å². The number of carbonyl (C=O) groups is 1. The molecule has 3 aromatic rings. The number of anilines is 1. The number of oxazole rings is 1. The molecule has 0 unspecified atom stereocenters. The number of aromatic nitrogens is 1. The molecule has 2 aromatic carbocycles. The monoisotopic (exact) mass is 366 g/mol. The molecule has 1 heterocycles. The van der Waals surface area contributed by atoms with Gasteiger partial charge in [0.2, 0.25) is 11.8 Å². The Morgan fingerprint density at radius 1 is 1.07 bits per heavy atom. The lowest BCUT2D eigenvalue weighted by Crippen LogP contribution is -2.15. The van der Waals surface area contributed by atoms with Crippen molar-refractivity contribution in [3.05, 3.63) is 59.5 Å². The van der Waals surface area contributed by atoms with E-state index >= 15 is 0 Å². The van der Waals surface area contributed by atoms with Crippen molar-refractivity contribution in [3.63, 3.8) is 0 Å². The van der Waals surface area contributed by atoms with Crippen LogP contribution in [0.3, 0.4) is 0 Å². The van der Waals surface area contributed by atoms with Crippen LogP contribution < -0.4 is 14.8 Å². The van der Waals surface area contributed by atoms with Crippen LogP contribution in [0.15, 0.2) is 46.9 Å². The Bertz CT molecular complexity index is 963. The first-order valence-electron chi connectivity index (χ1n) is 8.55. The van der Waals surface area contributed by atoms with E-state index in [2.05, 4.69) is 10.3 Å². The largest absolute Gasteiger partial charge is 0.493 e. The van der Waals surface area contributed by atoms with Crippen molar-refractivity contribution in [2.24, 2.45) is 0 Å². The predicted octanol–water partition coefficient (Wildman–Crippen LogP) is 4.16. The molecule has 0 aliphatic carbocycles. The third kappa shape index (κ3) is 4.28. The van der Waals surface area contributed by atoms with Crippen molar-refractivity contribution < 1.29 is 18.7 Å². The number of methoxy groups -OCH3 is 2. The van der Waals surface area contributed by atoms with Gasteiger partial charge in [-0.1, -0.05) is 17.7 Å². The predicted molar refractivity (Wildman–Crippen MR) is 103 cm³/mol. The zero-order valence-corrected chi connectivity index (χ0v) is 15.8. The zero-order valence-electron chi connectivity index (χ0n) is 15.8. The van der Waals surface area contributed by atoms with Gasteiger partial charge in [0.1, 0.15) is 5.76 Å². The van der Waals surface area contributed by atoms with Gasteiger partial charge < -0.3 is 19.2 Å². The summed E-state index contributed by atoms with van der Waals surface area (Å²) >= 11 is 0. The van der Waals surface area contributed by atoms with Gasteiger partial charge in [-0.15, -0.1) is 0 Å². The average Bonchev–Trinajstić information content (AvgIpc) is 3.02. The van der Waals surface area contributed by atoms with Gasteiger partial charge in [-0.25, -0.2) is 4.98 Å². The lowest BCUT2D eigenvalue weighted by atomic mass is 10.1. The van der Waals surface area contributed by atoms with Crippen LogP contribution in [0.5, 0.6) is 11.5 Å². The molecular formula is C21H22N2O4. The minimum Gasteiger partial charge on any atom is -0.493 e. The summed E-state index contributed by atoms with van der Waals surface area (Å²) in [5.74, 6) is 2.12. The van der Waals surface area contributed by atoms with E-state index in [1.807, 2.05) is 38.1 Å². The third-order valence-corrected chi connectivity index (χ3v) is 4.15. The number of benzene rings is 2. The van der Waals surface area contributed by atoms with Crippen LogP contribution >= 0.6 is 0 Å². The molecule has 1 N–H and O–H groups in total. The van der Waals surface area contributed by atoms with E-state index in [1.54, 1.807) is 32.4 Å². The van der Waals surface area contributed by atoms with Crippen LogP contribution in [0.4, 0.5) is 5.69 Å². The smallest absolute Gasteiger partial charge is 0.230 e. The van der Waals surface area contributed by atoms with Crippen molar-refractivity contribution in [1.82, 2.24) is 4.98 Å². The molecule has 1 amide bonds. The highest BCUT2D eigenvalue weighted by molar-refractivity contribution is 5.92. The molecule has 0 atom stereocenters. The molecule has 6 nitrogen and oxygen atoms in total. The van der Waals surface area contributed by atoms with Crippen molar-refractivity contribution >= 4 is 11.6 Å². The molecule has 3 rings (SSSR count). The topological polar surface area (TPSA) is 73.6 Å². The fourth-order valence-corrected chi connectivity index (χ4v) is 2.76. The minimum absolute atomic E-state index is 0.121. The number of hydrogen-bond donors (Lipinski definition) is 1. The molecule has 140 valence electrons. The maximum Gasteiger partial charge on any atom is 0.230 e. The second kappa shape index (κ2) is 7.95. The summed E-state index contributed by atoms with van der Waals surface area (Å²) in [6.07, 6.45) is 0.121. The summed E-state index contributed by atoms with van der Waals surface area (Å²) in [6, 6.07) is 13.1. The molecule has 0 aliphatic rings. The molecular weight excluding hydrogens is 344 g/mol. The van der Waals surface area contributed by atoms with Crippen molar-refractivity contribution in [1.29, 1.82) is 0 Å². The van der Waals surface area contributed by atoms with Gasteiger partial charge >= 0.3 is 0 Å². The molecule has 1 aromatic heterocycles. The normalized spacial score (nSPS) is 10.5. The first-order chi connectivity index (χ1) is 13.0. The highest BCUT2D eigenvalue weighted by atomic mass is 16.5. The van der Waals surface area contributed by atoms with Gasteiger partial charge in [-0.05, 0) is 38.1 Å². The summed E-state index contributed by atoms with van der Waals surface area (Å²) in [5.41, 5.74) is 3.25. The number of amides is 1. The molecule has 0 saturated carbocycles. The summed E-state index contributed by atoms with van der Waals surface area (Å²) in [4.78, 5) is 16.9. The molecule has 6 heteroatoms. The van der Waals surface area contributed by atoms with E-state index < -0.39 is 0 Å². The van der Waals surface area contributed by atoms with Gasteiger partial charge in [0.15, 0.2) is 11.5 Å². The minimum atomic E-state index is -0.186. The Kier molecular flexibility index (Phi) is 5.45. The Labute approximate surface area is 158 Å². The van der Waals surface area contributed by atoms with E-state index in [9.17, 15) is 4.79 Å². The van der Waals surface area contributed by atoms with E-state index in [0.717, 1.165) is 11.1 Å². The van der Waals surface area contributed by atoms with Crippen LogP contribution in [0.2, 0.25) is 0 Å². The van der Waals surface area contributed by atoms with Crippen LogP contribution in [0, 0.1) is 13.8 Å². The molecule has 0 saturated heterocycles. The van der Waals surface area contributed by atoms with Crippen LogP contribution in [0.1, 0.15) is 17.0 Å². The van der Waals surface area contributed by atoms with Gasteiger partial charge in [0.25, 0.3) is 0 Å². The number of aryl methyl sites for hydroxylation is 2. The van der Waals surface area contributed by atoms with Crippen LogP contribution in [0.25, 0.3) is 11.5 Å². The SMILES string of the molecule is COc1ccc(NC(=O)Cc2nc(-c3cccc(C)c3)oc2C)cc1OC. The second-order valence-electron chi connectivity index (χ2n) is 6.19. The standard InChI is InChI=1S/C21H22N2O4/c1-13-6-5-7-15(10-13)21-23-17(14(2)27-21)12-20(24)22-16-8-9-18(25-3)19(11-16)26-4/h5-11H,12H2,1-4H3,(H,22,24). The summed E-state index contributed by atoms with van der Waals surface area (Å²) < 4.78 is 16.2. The first kappa shape index (κ1) is 18.5. The Balaban J connectivity index is 1.73. The number of hydrogen-bond acceptors (Lipinski definition) is 5. The molecule has 0 bridgehead atoms. The van der Waals surface area contributed by atoms with Gasteiger partial charge in [-0.3, -0.25) is 4.79 Å². The lowest BCUT2D eigenvalue weighted by Gasteiger charge is -2.10. The fraction of sp³-hybridized carbons (Fsp3) is 0.238. The number of ether oxygens (including phenoxy) is 2. The van der Waals surface area contributed by atoms with E-state index in [-0.39, 0.29) is 12.3 Å². The van der Waals surface area contributed by atoms with E-state index in [0.29, 0.717) is 34.5 Å². The van der Waals surface area contributed by atoms with E-state index in [1.165, 1.54) is 0 Å². The third-order valence-electron chi connectivity index (χ3n) is 4.15. The average molecular weight is 366 g/mol. The first-order valence-corrected chi connectivity index (χ1v) is 8.55. The fourth-order valence-electron chi connectivity index (χ4n) is 2.76. The molecule has 0 aliphatic heterocycles. The number of carbonyl (C=O) groups excluding carboxylic acids is 1. The van der Waals surface area contributed by atoms with Gasteiger partial charge in [0.05, 0.1) is 26.3 Å². The second-order valence-corrected chi connectivity index (χ2v) is 6.19. The quantitative estimate of drug-likeness (QED) is 0.709. The lowest BCUT2D eigenvalue weighted by molar-refractivity contribution is -0.115. The summed E-state index contributed by atoms with van der Waals surface area (Å²) in [7, 11) is 3.12. The van der Waals surface area contributed by atoms with Gasteiger partial charge in [0, 0.05) is 17.3 Å². The highest BCUT2D eigenvalue weighted by Crippen LogP contribution is 2.30. The molecule has 0 fully saturated rings. The molecule has 0 radical (unpaired) electrons. The van der Waals surface area contributed by atoms with Crippen LogP contribution in [-0.2, 0) is 11.2 Å². The maximum atomic E-state index is 12.4.